The van der Waals surface area contributed by atoms with E-state index in [9.17, 15) is 19.2 Å². The van der Waals surface area contributed by atoms with Crippen LogP contribution in [-0.2, 0) is 9.59 Å². The number of imide groups is 1. The van der Waals surface area contributed by atoms with E-state index in [-0.39, 0.29) is 19.1 Å². The summed E-state index contributed by atoms with van der Waals surface area (Å²) in [7, 11) is 1.68. The van der Waals surface area contributed by atoms with Crippen molar-refractivity contribution in [3.05, 3.63) is 90.0 Å². The zero-order valence-electron chi connectivity index (χ0n) is 23.9. The van der Waals surface area contributed by atoms with E-state index in [0.717, 1.165) is 36.3 Å². The average Bonchev–Trinajstić information content (AvgIpc) is 3.25. The van der Waals surface area contributed by atoms with Gasteiger partial charge >= 0.3 is 0 Å². The maximum absolute atomic E-state index is 13.8. The van der Waals surface area contributed by atoms with E-state index in [2.05, 4.69) is 13.8 Å². The van der Waals surface area contributed by atoms with E-state index in [4.69, 9.17) is 4.74 Å². The Morgan fingerprint density at radius 2 is 1.39 bits per heavy atom. The minimum absolute atomic E-state index is 0.226. The van der Waals surface area contributed by atoms with E-state index in [1.165, 1.54) is 4.90 Å². The number of rotatable bonds is 13. The van der Waals surface area contributed by atoms with Crippen molar-refractivity contribution in [2.75, 3.05) is 36.5 Å². The molecule has 8 heteroatoms. The highest BCUT2D eigenvalue weighted by atomic mass is 16.5. The van der Waals surface area contributed by atoms with Crippen LogP contribution in [0.4, 0.5) is 11.4 Å². The predicted molar refractivity (Wildman–Crippen MR) is 159 cm³/mol. The van der Waals surface area contributed by atoms with Gasteiger partial charge in [0, 0.05) is 19.3 Å². The van der Waals surface area contributed by atoms with Crippen LogP contribution in [0.5, 0.6) is 5.75 Å². The third kappa shape index (κ3) is 6.82. The Labute approximate surface area is 241 Å². The number of likely N-dealkylation sites (N-methyl/N-ethyl adjacent to an activating group) is 1. The van der Waals surface area contributed by atoms with Crippen molar-refractivity contribution in [3.63, 3.8) is 0 Å². The highest BCUT2D eigenvalue weighted by Gasteiger charge is 2.37. The van der Waals surface area contributed by atoms with Crippen molar-refractivity contribution in [1.82, 2.24) is 4.90 Å². The van der Waals surface area contributed by atoms with Crippen LogP contribution >= 0.6 is 0 Å². The molecule has 0 N–H and O–H groups in total. The monoisotopic (exact) mass is 555 g/mol. The van der Waals surface area contributed by atoms with E-state index < -0.39 is 17.7 Å². The molecule has 1 aliphatic rings. The summed E-state index contributed by atoms with van der Waals surface area (Å²) in [6, 6.07) is 22.9. The molecule has 3 aromatic rings. The van der Waals surface area contributed by atoms with Crippen molar-refractivity contribution in [2.24, 2.45) is 5.92 Å². The standard InChI is InChI=1S/C33H37N3O5/c1-4-24(5-2)14-13-21-35(30(37)22-36-32(39)26-17-9-10-18-27(26)33(36)40)28-19-11-12-20-29(28)41-23-31(38)34(3)25-15-7-6-8-16-25/h6-12,15-20,24H,4-5,13-14,21-23H2,1-3H3. The van der Waals surface area contributed by atoms with Gasteiger partial charge < -0.3 is 14.5 Å². The van der Waals surface area contributed by atoms with Gasteiger partial charge in [0.2, 0.25) is 5.91 Å². The predicted octanol–water partition coefficient (Wildman–Crippen LogP) is 5.57. The molecule has 3 aromatic carbocycles. The number of carbonyl (C=O) groups excluding carboxylic acids is 4. The van der Waals surface area contributed by atoms with Crippen LogP contribution < -0.4 is 14.5 Å². The molecule has 41 heavy (non-hydrogen) atoms. The number of carbonyl (C=O) groups is 4. The molecule has 8 nitrogen and oxygen atoms in total. The fourth-order valence-electron chi connectivity index (χ4n) is 5.05. The smallest absolute Gasteiger partial charge is 0.264 e. The highest BCUT2D eigenvalue weighted by Crippen LogP contribution is 2.30. The Hall–Kier alpha value is -4.46. The molecule has 0 aromatic heterocycles. The fraction of sp³-hybridized carbons (Fsp3) is 0.333. The lowest BCUT2D eigenvalue weighted by atomic mass is 9.97. The molecule has 1 heterocycles. The lowest BCUT2D eigenvalue weighted by Gasteiger charge is -2.27. The molecule has 0 spiro atoms. The molecular weight excluding hydrogens is 518 g/mol. The van der Waals surface area contributed by atoms with Crippen LogP contribution in [0.15, 0.2) is 78.9 Å². The van der Waals surface area contributed by atoms with Gasteiger partial charge in [-0.15, -0.1) is 0 Å². The molecule has 0 bridgehead atoms. The number of benzene rings is 3. The van der Waals surface area contributed by atoms with Crippen molar-refractivity contribution < 1.29 is 23.9 Å². The van der Waals surface area contributed by atoms with Gasteiger partial charge in [-0.1, -0.05) is 69.2 Å². The maximum atomic E-state index is 13.8. The molecule has 0 unspecified atom stereocenters. The molecule has 0 radical (unpaired) electrons. The average molecular weight is 556 g/mol. The quantitative estimate of drug-likeness (QED) is 0.257. The summed E-state index contributed by atoms with van der Waals surface area (Å²) >= 11 is 0. The normalized spacial score (nSPS) is 12.4. The van der Waals surface area contributed by atoms with Gasteiger partial charge in [0.25, 0.3) is 17.7 Å². The Balaban J connectivity index is 1.54. The largest absolute Gasteiger partial charge is 0.482 e. The van der Waals surface area contributed by atoms with Crippen LogP contribution in [0.2, 0.25) is 0 Å². The third-order valence-corrected chi connectivity index (χ3v) is 7.65. The number of ether oxygens (including phenoxy) is 1. The molecule has 214 valence electrons. The summed E-state index contributed by atoms with van der Waals surface area (Å²) in [5, 5.41) is 0. The fourth-order valence-corrected chi connectivity index (χ4v) is 5.05. The summed E-state index contributed by atoms with van der Waals surface area (Å²) in [6.07, 6.45) is 3.78. The molecule has 0 fully saturated rings. The van der Waals surface area contributed by atoms with E-state index in [0.29, 0.717) is 35.0 Å². The molecule has 0 saturated heterocycles. The summed E-state index contributed by atoms with van der Waals surface area (Å²) in [6.45, 7) is 4.09. The highest BCUT2D eigenvalue weighted by molar-refractivity contribution is 6.22. The molecular formula is C33H37N3O5. The Morgan fingerprint density at radius 1 is 0.805 bits per heavy atom. The van der Waals surface area contributed by atoms with Crippen LogP contribution in [0.25, 0.3) is 0 Å². The van der Waals surface area contributed by atoms with E-state index >= 15 is 0 Å². The van der Waals surface area contributed by atoms with Crippen LogP contribution in [0.3, 0.4) is 0 Å². The van der Waals surface area contributed by atoms with Gasteiger partial charge in [-0.2, -0.15) is 0 Å². The lowest BCUT2D eigenvalue weighted by Crippen LogP contribution is -2.43. The first-order valence-corrected chi connectivity index (χ1v) is 14.1. The maximum Gasteiger partial charge on any atom is 0.264 e. The van der Waals surface area contributed by atoms with E-state index in [1.54, 1.807) is 60.5 Å². The number of anilines is 2. The SMILES string of the molecule is CCC(CC)CCCN(C(=O)CN1C(=O)c2ccccc2C1=O)c1ccccc1OCC(=O)N(C)c1ccccc1. The van der Waals surface area contributed by atoms with Gasteiger partial charge in [0.15, 0.2) is 6.61 Å². The van der Waals surface area contributed by atoms with Gasteiger partial charge in [-0.05, 0) is 55.2 Å². The van der Waals surface area contributed by atoms with E-state index in [1.807, 2.05) is 30.3 Å². The second-order valence-electron chi connectivity index (χ2n) is 10.2. The number of hydrogen-bond acceptors (Lipinski definition) is 5. The molecule has 0 aliphatic carbocycles. The Kier molecular flexibility index (Phi) is 9.90. The first kappa shape index (κ1) is 29.5. The number of para-hydroxylation sites is 3. The third-order valence-electron chi connectivity index (χ3n) is 7.65. The number of amides is 4. The van der Waals surface area contributed by atoms with Gasteiger partial charge in [0.1, 0.15) is 12.3 Å². The molecule has 0 atom stereocenters. The minimum atomic E-state index is -0.477. The zero-order chi connectivity index (χ0) is 29.4. The second kappa shape index (κ2) is 13.7. The van der Waals surface area contributed by atoms with Crippen LogP contribution in [0.1, 0.15) is 60.2 Å². The van der Waals surface area contributed by atoms with Crippen LogP contribution in [0, 0.1) is 5.92 Å². The van der Waals surface area contributed by atoms with Crippen molar-refractivity contribution in [3.8, 4) is 5.75 Å². The minimum Gasteiger partial charge on any atom is -0.482 e. The number of hydrogen-bond donors (Lipinski definition) is 0. The molecule has 4 amide bonds. The Bertz CT molecular complexity index is 1350. The first-order valence-electron chi connectivity index (χ1n) is 14.1. The summed E-state index contributed by atoms with van der Waals surface area (Å²) in [5.41, 5.74) is 1.84. The molecule has 1 aliphatic heterocycles. The van der Waals surface area contributed by atoms with Gasteiger partial charge in [-0.25, -0.2) is 0 Å². The van der Waals surface area contributed by atoms with Crippen molar-refractivity contribution in [2.45, 2.75) is 39.5 Å². The summed E-state index contributed by atoms with van der Waals surface area (Å²) in [4.78, 5) is 56.7. The van der Waals surface area contributed by atoms with Crippen molar-refractivity contribution in [1.29, 1.82) is 0 Å². The number of nitrogens with zero attached hydrogens (tertiary/aromatic N) is 3. The molecule has 0 saturated carbocycles. The Morgan fingerprint density at radius 3 is 2.02 bits per heavy atom. The van der Waals surface area contributed by atoms with Gasteiger partial charge in [-0.3, -0.25) is 24.1 Å². The lowest BCUT2D eigenvalue weighted by molar-refractivity contribution is -0.120. The number of fused-ring (bicyclic) bond motifs is 1. The second-order valence-corrected chi connectivity index (χ2v) is 10.2. The molecule has 4 rings (SSSR count). The first-order chi connectivity index (χ1) is 19.8. The topological polar surface area (TPSA) is 87.2 Å². The van der Waals surface area contributed by atoms with Crippen LogP contribution in [-0.4, -0.2) is 55.3 Å². The van der Waals surface area contributed by atoms with Gasteiger partial charge in [0.05, 0.1) is 16.8 Å². The zero-order valence-corrected chi connectivity index (χ0v) is 23.9. The summed E-state index contributed by atoms with van der Waals surface area (Å²) < 4.78 is 5.97. The summed E-state index contributed by atoms with van der Waals surface area (Å²) in [5.74, 6) is -0.678. The van der Waals surface area contributed by atoms with Crippen molar-refractivity contribution >= 4 is 35.0 Å².